The highest BCUT2D eigenvalue weighted by molar-refractivity contribution is 8.00. The van der Waals surface area contributed by atoms with Gasteiger partial charge in [-0.15, -0.1) is 11.3 Å². The first-order valence-electron chi connectivity index (χ1n) is 9.10. The first-order valence-corrected chi connectivity index (χ1v) is 10.8. The topological polar surface area (TPSA) is 64.0 Å². The van der Waals surface area contributed by atoms with Gasteiger partial charge in [0.05, 0.1) is 10.6 Å². The molecule has 4 rings (SSSR count). The smallest absolute Gasteiger partial charge is 0.263 e. The van der Waals surface area contributed by atoms with E-state index in [9.17, 15) is 9.59 Å². The maximum absolute atomic E-state index is 13.1. The number of hydrogen-bond donors (Lipinski definition) is 1. The van der Waals surface area contributed by atoms with Gasteiger partial charge >= 0.3 is 0 Å². The number of aryl methyl sites for hydroxylation is 2. The summed E-state index contributed by atoms with van der Waals surface area (Å²) in [5.41, 5.74) is 1.28. The number of amides is 1. The van der Waals surface area contributed by atoms with Crippen molar-refractivity contribution in [1.82, 2.24) is 14.9 Å². The van der Waals surface area contributed by atoms with Crippen LogP contribution in [0.3, 0.4) is 0 Å². The van der Waals surface area contributed by atoms with Crippen molar-refractivity contribution in [3.63, 3.8) is 0 Å². The molecule has 1 fully saturated rings. The van der Waals surface area contributed by atoms with Crippen molar-refractivity contribution < 1.29 is 4.79 Å². The molecule has 1 saturated carbocycles. The Morgan fingerprint density at radius 1 is 1.40 bits per heavy atom. The molecule has 0 aliphatic heterocycles. The zero-order valence-corrected chi connectivity index (χ0v) is 16.3. The second kappa shape index (κ2) is 6.76. The van der Waals surface area contributed by atoms with Gasteiger partial charge in [-0.05, 0) is 57.9 Å². The number of rotatable bonds is 5. The van der Waals surface area contributed by atoms with Crippen LogP contribution in [0.5, 0.6) is 0 Å². The standard InChI is InChI=1S/C18H23N3O2S2/c1-3-21-17(23)14-12-6-4-5-7-13(12)25-16(14)20-18(21)24-10(2)15(22)19-11-8-9-11/h10-11H,3-9H2,1-2H3,(H,19,22). The van der Waals surface area contributed by atoms with Gasteiger partial charge in [0.1, 0.15) is 4.83 Å². The minimum atomic E-state index is -0.252. The predicted octanol–water partition coefficient (Wildman–Crippen LogP) is 3.12. The fraction of sp³-hybridized carbons (Fsp3) is 0.611. The van der Waals surface area contributed by atoms with Crippen LogP contribution in [0.15, 0.2) is 9.95 Å². The van der Waals surface area contributed by atoms with Gasteiger partial charge in [-0.3, -0.25) is 14.2 Å². The predicted molar refractivity (Wildman–Crippen MR) is 103 cm³/mol. The number of hydrogen-bond acceptors (Lipinski definition) is 5. The number of carbonyl (C=O) groups is 1. The highest BCUT2D eigenvalue weighted by Crippen LogP contribution is 2.35. The van der Waals surface area contributed by atoms with Gasteiger partial charge in [0.2, 0.25) is 5.91 Å². The van der Waals surface area contributed by atoms with Crippen LogP contribution in [0.4, 0.5) is 0 Å². The Hall–Kier alpha value is -1.34. The molecular weight excluding hydrogens is 354 g/mol. The summed E-state index contributed by atoms with van der Waals surface area (Å²) in [7, 11) is 0. The number of aromatic nitrogens is 2. The number of fused-ring (bicyclic) bond motifs is 3. The zero-order valence-electron chi connectivity index (χ0n) is 14.6. The van der Waals surface area contributed by atoms with E-state index in [0.717, 1.165) is 42.3 Å². The van der Waals surface area contributed by atoms with E-state index in [1.54, 1.807) is 15.9 Å². The summed E-state index contributed by atoms with van der Waals surface area (Å²) >= 11 is 3.06. The summed E-state index contributed by atoms with van der Waals surface area (Å²) in [6.07, 6.45) is 6.55. The van der Waals surface area contributed by atoms with Crippen molar-refractivity contribution in [1.29, 1.82) is 0 Å². The third-order valence-corrected chi connectivity index (χ3v) is 7.21. The molecule has 25 heavy (non-hydrogen) atoms. The third kappa shape index (κ3) is 3.24. The summed E-state index contributed by atoms with van der Waals surface area (Å²) in [4.78, 5) is 32.3. The molecule has 1 unspecified atom stereocenters. The monoisotopic (exact) mass is 377 g/mol. The molecule has 2 heterocycles. The molecule has 7 heteroatoms. The van der Waals surface area contributed by atoms with E-state index in [-0.39, 0.29) is 16.7 Å². The third-order valence-electron chi connectivity index (χ3n) is 4.93. The van der Waals surface area contributed by atoms with Crippen molar-refractivity contribution in [3.05, 3.63) is 20.8 Å². The fourth-order valence-electron chi connectivity index (χ4n) is 3.35. The van der Waals surface area contributed by atoms with Gasteiger partial charge in [0.25, 0.3) is 5.56 Å². The van der Waals surface area contributed by atoms with E-state index in [1.807, 2.05) is 13.8 Å². The average Bonchev–Trinajstić information content (AvgIpc) is 3.32. The van der Waals surface area contributed by atoms with Crippen LogP contribution < -0.4 is 10.9 Å². The Morgan fingerprint density at radius 2 is 2.16 bits per heavy atom. The molecule has 0 spiro atoms. The Labute approximate surface area is 155 Å². The van der Waals surface area contributed by atoms with Gasteiger partial charge in [-0.2, -0.15) is 0 Å². The Bertz CT molecular complexity index is 883. The molecule has 2 aromatic heterocycles. The van der Waals surface area contributed by atoms with Crippen molar-refractivity contribution in [2.24, 2.45) is 0 Å². The largest absolute Gasteiger partial charge is 0.352 e. The van der Waals surface area contributed by atoms with Crippen LogP contribution in [0.2, 0.25) is 0 Å². The molecular formula is C18H23N3O2S2. The lowest BCUT2D eigenvalue weighted by Crippen LogP contribution is -2.33. The molecule has 0 radical (unpaired) electrons. The highest BCUT2D eigenvalue weighted by Gasteiger charge is 2.27. The summed E-state index contributed by atoms with van der Waals surface area (Å²) in [5.74, 6) is 0.0370. The fourth-order valence-corrected chi connectivity index (χ4v) is 5.63. The van der Waals surface area contributed by atoms with Crippen molar-refractivity contribution in [3.8, 4) is 0 Å². The van der Waals surface area contributed by atoms with Crippen molar-refractivity contribution in [2.75, 3.05) is 0 Å². The Balaban J connectivity index is 1.70. The second-order valence-corrected chi connectivity index (χ2v) is 9.27. The molecule has 134 valence electrons. The lowest BCUT2D eigenvalue weighted by atomic mass is 9.97. The van der Waals surface area contributed by atoms with E-state index in [4.69, 9.17) is 4.98 Å². The zero-order chi connectivity index (χ0) is 17.6. The van der Waals surface area contributed by atoms with Gasteiger partial charge < -0.3 is 5.32 Å². The van der Waals surface area contributed by atoms with Gasteiger partial charge in [0, 0.05) is 17.5 Å². The van der Waals surface area contributed by atoms with Crippen molar-refractivity contribution in [2.45, 2.75) is 75.4 Å². The second-order valence-electron chi connectivity index (χ2n) is 6.88. The highest BCUT2D eigenvalue weighted by atomic mass is 32.2. The van der Waals surface area contributed by atoms with Crippen LogP contribution in [-0.2, 0) is 24.2 Å². The minimum Gasteiger partial charge on any atom is -0.352 e. The Morgan fingerprint density at radius 3 is 2.88 bits per heavy atom. The molecule has 0 bridgehead atoms. The lowest BCUT2D eigenvalue weighted by molar-refractivity contribution is -0.120. The van der Waals surface area contributed by atoms with E-state index in [2.05, 4.69) is 5.32 Å². The number of carbonyl (C=O) groups excluding carboxylic acids is 1. The van der Waals surface area contributed by atoms with Gasteiger partial charge in [-0.25, -0.2) is 4.98 Å². The van der Waals surface area contributed by atoms with Crippen LogP contribution in [0, 0.1) is 0 Å². The first-order chi connectivity index (χ1) is 12.1. The van der Waals surface area contributed by atoms with Crippen LogP contribution in [-0.4, -0.2) is 26.8 Å². The molecule has 2 aliphatic rings. The number of thioether (sulfide) groups is 1. The van der Waals surface area contributed by atoms with E-state index in [0.29, 0.717) is 17.7 Å². The van der Waals surface area contributed by atoms with Crippen LogP contribution >= 0.6 is 23.1 Å². The molecule has 2 aromatic rings. The lowest BCUT2D eigenvalue weighted by Gasteiger charge is -2.15. The number of nitrogens with one attached hydrogen (secondary N) is 1. The number of thiophene rings is 1. The molecule has 1 N–H and O–H groups in total. The number of nitrogens with zero attached hydrogens (tertiary/aromatic N) is 2. The molecule has 5 nitrogen and oxygen atoms in total. The quantitative estimate of drug-likeness (QED) is 0.642. The Kier molecular flexibility index (Phi) is 4.62. The van der Waals surface area contributed by atoms with Crippen molar-refractivity contribution >= 4 is 39.2 Å². The van der Waals surface area contributed by atoms with Crippen LogP contribution in [0.25, 0.3) is 10.2 Å². The maximum Gasteiger partial charge on any atom is 0.263 e. The normalized spacial score (nSPS) is 18.2. The van der Waals surface area contributed by atoms with E-state index < -0.39 is 0 Å². The molecule has 2 aliphatic carbocycles. The first kappa shape index (κ1) is 17.1. The SMILES string of the molecule is CCn1c(SC(C)C(=O)NC2CC2)nc2sc3c(c2c1=O)CCCC3. The summed E-state index contributed by atoms with van der Waals surface area (Å²) in [5, 5.41) is 4.26. The molecule has 0 aromatic carbocycles. The van der Waals surface area contributed by atoms with E-state index >= 15 is 0 Å². The summed E-state index contributed by atoms with van der Waals surface area (Å²) in [6, 6.07) is 0.350. The molecule has 1 amide bonds. The molecule has 0 saturated heterocycles. The molecule has 1 atom stereocenters. The van der Waals surface area contributed by atoms with Gasteiger partial charge in [0.15, 0.2) is 5.16 Å². The van der Waals surface area contributed by atoms with Crippen LogP contribution in [0.1, 0.15) is 50.0 Å². The minimum absolute atomic E-state index is 0.0370. The maximum atomic E-state index is 13.1. The average molecular weight is 378 g/mol. The summed E-state index contributed by atoms with van der Waals surface area (Å²) < 4.78 is 1.73. The summed E-state index contributed by atoms with van der Waals surface area (Å²) in [6.45, 7) is 4.43. The van der Waals surface area contributed by atoms with E-state index in [1.165, 1.54) is 28.6 Å². The van der Waals surface area contributed by atoms with Gasteiger partial charge in [-0.1, -0.05) is 11.8 Å².